The average molecular weight is 843 g/mol. The number of hydrogen-bond donors (Lipinski definition) is 4. The van der Waals surface area contributed by atoms with Gasteiger partial charge in [0, 0.05) is 12.2 Å². The van der Waals surface area contributed by atoms with E-state index in [1.807, 2.05) is 0 Å². The molecule has 1 unspecified atom stereocenters. The lowest BCUT2D eigenvalue weighted by molar-refractivity contribution is -0.0790. The number of hydrogen-bond acceptors (Lipinski definition) is 14. The van der Waals surface area contributed by atoms with E-state index >= 15 is 0 Å². The smallest absolute Gasteiger partial charge is 0.472 e. The average Bonchev–Trinajstić information content (AvgIpc) is 3.78. The number of methoxy groups -OCH3 is 1. The lowest BCUT2D eigenvalue weighted by Crippen LogP contribution is -2.45. The molecule has 17 heteroatoms. The minimum atomic E-state index is -4.89. The van der Waals surface area contributed by atoms with Crippen LogP contribution in [0.1, 0.15) is 133 Å². The lowest BCUT2D eigenvalue weighted by atomic mass is 9.96. The third-order valence-corrected chi connectivity index (χ3v) is 11.6. The molecule has 2 aromatic heterocycles. The number of phosphoric acid groups is 1. The van der Waals surface area contributed by atoms with E-state index in [2.05, 4.69) is 23.1 Å². The monoisotopic (exact) mass is 842 g/mol. The zero-order chi connectivity index (χ0) is 42.5. The van der Waals surface area contributed by atoms with Gasteiger partial charge in [0.1, 0.15) is 54.7 Å². The van der Waals surface area contributed by atoms with E-state index in [-0.39, 0.29) is 24.7 Å². The normalized spacial score (nSPS) is 20.6. The second kappa shape index (κ2) is 25.2. The summed E-state index contributed by atoms with van der Waals surface area (Å²) < 4.78 is 48.2. The van der Waals surface area contributed by atoms with Gasteiger partial charge in [-0.05, 0) is 30.7 Å². The minimum absolute atomic E-state index is 0.0176. The van der Waals surface area contributed by atoms with Gasteiger partial charge in [-0.2, -0.15) is 15.6 Å². The van der Waals surface area contributed by atoms with Crippen LogP contribution >= 0.6 is 7.82 Å². The highest BCUT2D eigenvalue weighted by atomic mass is 31.2. The van der Waals surface area contributed by atoms with Crippen molar-refractivity contribution >= 4 is 19.2 Å². The SMILES string of the molecule is CCCCCCCCCCCCCCCCCCOC[C@H](COP(=O)(O)OC[C@@]1(C#N)O[C@@H](c2ccc3c(N)ncnn23)[C@H](O)[C@@H]1O)OCc1ccc(C#N)cc1OC. The first kappa shape index (κ1) is 48.0. The Balaban J connectivity index is 1.22. The molecule has 59 heavy (non-hydrogen) atoms. The molecule has 0 spiro atoms. The number of fused-ring (bicyclic) bond motifs is 1. The zero-order valence-corrected chi connectivity index (χ0v) is 35.5. The van der Waals surface area contributed by atoms with Gasteiger partial charge in [0.15, 0.2) is 5.82 Å². The van der Waals surface area contributed by atoms with Gasteiger partial charge in [0.25, 0.3) is 0 Å². The Morgan fingerprint density at radius 2 is 1.58 bits per heavy atom. The van der Waals surface area contributed by atoms with Crippen LogP contribution in [0.5, 0.6) is 5.75 Å². The highest BCUT2D eigenvalue weighted by Crippen LogP contribution is 2.47. The van der Waals surface area contributed by atoms with Crippen LogP contribution in [0.4, 0.5) is 5.82 Å². The zero-order valence-electron chi connectivity index (χ0n) is 34.6. The molecular formula is C42H63N6O10P. The number of phosphoric ester groups is 1. The number of aromatic nitrogens is 3. The van der Waals surface area contributed by atoms with Gasteiger partial charge in [-0.25, -0.2) is 14.1 Å². The number of benzene rings is 1. The number of aliphatic hydroxyl groups excluding tert-OH is 2. The van der Waals surface area contributed by atoms with Crippen LogP contribution in [0, 0.1) is 22.7 Å². The van der Waals surface area contributed by atoms with E-state index in [4.69, 9.17) is 33.7 Å². The van der Waals surface area contributed by atoms with E-state index in [0.29, 0.717) is 29.0 Å². The van der Waals surface area contributed by atoms with Crippen LogP contribution in [-0.4, -0.2) is 87.2 Å². The van der Waals surface area contributed by atoms with Crippen molar-refractivity contribution in [1.29, 1.82) is 10.5 Å². The fourth-order valence-corrected chi connectivity index (χ4v) is 7.90. The summed E-state index contributed by atoms with van der Waals surface area (Å²) in [5, 5.41) is 45.3. The standard InChI is InChI=1S/C42H63N6O10P/c1-3-4-5-6-7-8-9-10-11-12-13-14-15-16-17-18-23-54-27-34(55-26-33-20-19-32(25-43)24-37(33)53-2)28-56-59(51,52)57-30-42(29-44)40(50)38(49)39(58-42)35-21-22-36-41(45)46-31-47-48(35)36/h19-22,24,31,34,38-40,49-50H,3-18,23,26-28,30H2,1-2H3,(H,51,52)(H2,45,46,47)/t34-,38+,39+,40+,42-/m1/s1. The molecular weight excluding hydrogens is 779 g/mol. The first-order valence-corrected chi connectivity index (χ1v) is 22.5. The Bertz CT molecular complexity index is 1840. The van der Waals surface area contributed by atoms with E-state index in [1.54, 1.807) is 36.4 Å². The van der Waals surface area contributed by atoms with Crippen molar-refractivity contribution in [3.05, 3.63) is 53.5 Å². The predicted octanol–water partition coefficient (Wildman–Crippen LogP) is 7.24. The number of nitrogens with two attached hydrogens (primary N) is 1. The topological polar surface area (TPSA) is 237 Å². The molecule has 1 aliphatic heterocycles. The van der Waals surface area contributed by atoms with Gasteiger partial charge >= 0.3 is 7.82 Å². The van der Waals surface area contributed by atoms with E-state index < -0.39 is 51.1 Å². The Labute approximate surface area is 348 Å². The molecule has 1 aliphatic rings. The molecule has 0 radical (unpaired) electrons. The van der Waals surface area contributed by atoms with Gasteiger partial charge in [-0.3, -0.25) is 9.05 Å². The quantitative estimate of drug-likeness (QED) is 0.0382. The summed E-state index contributed by atoms with van der Waals surface area (Å²) in [5.41, 5.74) is 5.40. The van der Waals surface area contributed by atoms with Gasteiger partial charge in [-0.1, -0.05) is 109 Å². The molecule has 4 rings (SSSR count). The highest BCUT2D eigenvalue weighted by Gasteiger charge is 2.57. The summed E-state index contributed by atoms with van der Waals surface area (Å²) in [7, 11) is -3.41. The molecule has 0 aliphatic carbocycles. The second-order valence-corrected chi connectivity index (χ2v) is 16.6. The molecule has 0 amide bonds. The van der Waals surface area contributed by atoms with Gasteiger partial charge in [0.05, 0.1) is 44.3 Å². The summed E-state index contributed by atoms with van der Waals surface area (Å²) in [5.74, 6) is 0.604. The Hall–Kier alpha value is -3.67. The van der Waals surface area contributed by atoms with Crippen molar-refractivity contribution in [2.45, 2.75) is 146 Å². The predicted molar refractivity (Wildman–Crippen MR) is 220 cm³/mol. The number of aliphatic hydroxyl groups is 2. The molecule has 6 atom stereocenters. The molecule has 3 aromatic rings. The maximum absolute atomic E-state index is 13.2. The summed E-state index contributed by atoms with van der Waals surface area (Å²) in [4.78, 5) is 14.6. The molecule has 3 heterocycles. The molecule has 16 nitrogen and oxygen atoms in total. The molecule has 326 valence electrons. The molecule has 0 saturated carbocycles. The van der Waals surface area contributed by atoms with Gasteiger partial charge in [-0.15, -0.1) is 0 Å². The van der Waals surface area contributed by atoms with Crippen molar-refractivity contribution in [3.63, 3.8) is 0 Å². The summed E-state index contributed by atoms with van der Waals surface area (Å²) in [6.45, 7) is 1.42. The third kappa shape index (κ3) is 14.8. The van der Waals surface area contributed by atoms with Crippen molar-refractivity contribution in [2.24, 2.45) is 0 Å². The summed E-state index contributed by atoms with van der Waals surface area (Å²) in [6.07, 6.45) is 15.8. The van der Waals surface area contributed by atoms with E-state index in [9.17, 15) is 30.2 Å². The van der Waals surface area contributed by atoms with Crippen molar-refractivity contribution in [3.8, 4) is 17.9 Å². The number of unbranched alkanes of at least 4 members (excludes halogenated alkanes) is 15. The van der Waals surface area contributed by atoms with Crippen LogP contribution in [0.2, 0.25) is 0 Å². The molecule has 1 aromatic carbocycles. The number of anilines is 1. The van der Waals surface area contributed by atoms with E-state index in [0.717, 1.165) is 19.3 Å². The maximum Gasteiger partial charge on any atom is 0.472 e. The van der Waals surface area contributed by atoms with Crippen molar-refractivity contribution < 1.29 is 47.7 Å². The Kier molecular flexibility index (Phi) is 20.5. The largest absolute Gasteiger partial charge is 0.496 e. The van der Waals surface area contributed by atoms with Crippen molar-refractivity contribution in [1.82, 2.24) is 14.6 Å². The maximum atomic E-state index is 13.2. The molecule has 5 N–H and O–H groups in total. The molecule has 1 saturated heterocycles. The van der Waals surface area contributed by atoms with Crippen LogP contribution in [0.25, 0.3) is 5.52 Å². The van der Waals surface area contributed by atoms with Crippen molar-refractivity contribution in [2.75, 3.05) is 39.3 Å². The van der Waals surface area contributed by atoms with Gasteiger partial charge < -0.3 is 39.8 Å². The number of rotatable bonds is 30. The fraction of sp³-hybridized carbons (Fsp3) is 0.667. The molecule has 0 bridgehead atoms. The van der Waals surface area contributed by atoms with Crippen LogP contribution < -0.4 is 10.5 Å². The van der Waals surface area contributed by atoms with E-state index in [1.165, 1.54) is 101 Å². The second-order valence-electron chi connectivity index (χ2n) is 15.2. The Morgan fingerprint density at radius 3 is 2.19 bits per heavy atom. The Morgan fingerprint density at radius 1 is 0.932 bits per heavy atom. The number of nitrogen functional groups attached to an aromatic ring is 1. The summed E-state index contributed by atoms with van der Waals surface area (Å²) >= 11 is 0. The summed E-state index contributed by atoms with van der Waals surface area (Å²) in [6, 6.07) is 11.9. The third-order valence-electron chi connectivity index (χ3n) is 10.6. The first-order chi connectivity index (χ1) is 28.6. The molecule has 1 fully saturated rings. The lowest BCUT2D eigenvalue weighted by Gasteiger charge is -2.26. The van der Waals surface area contributed by atoms with Crippen LogP contribution in [0.3, 0.4) is 0 Å². The minimum Gasteiger partial charge on any atom is -0.496 e. The number of ether oxygens (including phenoxy) is 4. The highest BCUT2D eigenvalue weighted by molar-refractivity contribution is 7.47. The first-order valence-electron chi connectivity index (χ1n) is 21.0. The number of nitriles is 2. The van der Waals surface area contributed by atoms with Crippen LogP contribution in [-0.2, 0) is 34.4 Å². The number of nitrogens with zero attached hydrogens (tertiary/aromatic N) is 5. The van der Waals surface area contributed by atoms with Gasteiger partial charge in [0.2, 0.25) is 5.60 Å². The fourth-order valence-electron chi connectivity index (χ4n) is 7.12. The van der Waals surface area contributed by atoms with Crippen LogP contribution in [0.15, 0.2) is 36.7 Å².